The standard InChI is InChI=1S/C19H25N5O2/c1-3-26-19(25)24-12-10-23(11-13-24)17-8-9-20-18(22-17)21-14-16-7-5-4-6-15(16)2/h4-9H,3,10-14H2,1-2H3,(H,20,21,22). The number of hydrogen-bond donors (Lipinski definition) is 1. The molecule has 138 valence electrons. The summed E-state index contributed by atoms with van der Waals surface area (Å²) in [4.78, 5) is 24.6. The van der Waals surface area contributed by atoms with E-state index in [1.54, 1.807) is 11.1 Å². The number of hydrogen-bond acceptors (Lipinski definition) is 6. The van der Waals surface area contributed by atoms with Gasteiger partial charge in [-0.2, -0.15) is 4.98 Å². The lowest BCUT2D eigenvalue weighted by Gasteiger charge is -2.34. The largest absolute Gasteiger partial charge is 0.450 e. The van der Waals surface area contributed by atoms with Crippen molar-refractivity contribution >= 4 is 17.9 Å². The van der Waals surface area contributed by atoms with E-state index in [-0.39, 0.29) is 6.09 Å². The Kier molecular flexibility index (Phi) is 5.88. The Bertz CT molecular complexity index is 744. The van der Waals surface area contributed by atoms with Gasteiger partial charge in [0.1, 0.15) is 5.82 Å². The molecule has 0 atom stereocenters. The lowest BCUT2D eigenvalue weighted by molar-refractivity contribution is 0.105. The van der Waals surface area contributed by atoms with E-state index in [9.17, 15) is 4.79 Å². The molecule has 1 saturated heterocycles. The lowest BCUT2D eigenvalue weighted by atomic mass is 10.1. The molecule has 1 aliphatic rings. The number of amides is 1. The molecular weight excluding hydrogens is 330 g/mol. The summed E-state index contributed by atoms with van der Waals surface area (Å²) < 4.78 is 5.06. The van der Waals surface area contributed by atoms with Gasteiger partial charge in [0, 0.05) is 38.9 Å². The normalized spacial score (nSPS) is 14.2. The monoisotopic (exact) mass is 355 g/mol. The van der Waals surface area contributed by atoms with Gasteiger partial charge in [0.15, 0.2) is 0 Å². The lowest BCUT2D eigenvalue weighted by Crippen LogP contribution is -2.49. The van der Waals surface area contributed by atoms with Crippen LogP contribution in [0, 0.1) is 6.92 Å². The van der Waals surface area contributed by atoms with Crippen molar-refractivity contribution in [3.8, 4) is 0 Å². The number of aryl methyl sites for hydroxylation is 1. The minimum atomic E-state index is -0.240. The number of anilines is 2. The molecule has 2 aromatic rings. The van der Waals surface area contributed by atoms with Crippen LogP contribution < -0.4 is 10.2 Å². The van der Waals surface area contributed by atoms with Crippen molar-refractivity contribution in [3.05, 3.63) is 47.7 Å². The fourth-order valence-electron chi connectivity index (χ4n) is 2.93. The number of nitrogens with one attached hydrogen (secondary N) is 1. The van der Waals surface area contributed by atoms with Crippen molar-refractivity contribution < 1.29 is 9.53 Å². The summed E-state index contributed by atoms with van der Waals surface area (Å²) in [7, 11) is 0. The highest BCUT2D eigenvalue weighted by molar-refractivity contribution is 5.68. The van der Waals surface area contributed by atoms with Crippen LogP contribution in [0.25, 0.3) is 0 Å². The molecule has 1 aromatic heterocycles. The molecule has 26 heavy (non-hydrogen) atoms. The van der Waals surface area contributed by atoms with E-state index in [4.69, 9.17) is 4.74 Å². The van der Waals surface area contributed by atoms with Gasteiger partial charge in [0.05, 0.1) is 6.61 Å². The zero-order valence-electron chi connectivity index (χ0n) is 15.3. The number of rotatable bonds is 5. The van der Waals surface area contributed by atoms with E-state index < -0.39 is 0 Å². The molecular formula is C19H25N5O2. The van der Waals surface area contributed by atoms with Gasteiger partial charge in [0.2, 0.25) is 5.95 Å². The summed E-state index contributed by atoms with van der Waals surface area (Å²) in [5.41, 5.74) is 2.47. The zero-order chi connectivity index (χ0) is 18.4. The number of aromatic nitrogens is 2. The van der Waals surface area contributed by atoms with Crippen LogP contribution in [-0.2, 0) is 11.3 Å². The molecule has 0 unspecified atom stereocenters. The van der Waals surface area contributed by atoms with E-state index in [0.29, 0.717) is 32.2 Å². The number of benzene rings is 1. The molecule has 0 bridgehead atoms. The van der Waals surface area contributed by atoms with Crippen molar-refractivity contribution in [1.29, 1.82) is 0 Å². The Morgan fingerprint density at radius 2 is 1.96 bits per heavy atom. The highest BCUT2D eigenvalue weighted by Crippen LogP contribution is 2.16. The van der Waals surface area contributed by atoms with E-state index in [0.717, 1.165) is 18.9 Å². The molecule has 0 aliphatic carbocycles. The Hall–Kier alpha value is -2.83. The predicted molar refractivity (Wildman–Crippen MR) is 101 cm³/mol. The number of carbonyl (C=O) groups is 1. The molecule has 1 aliphatic heterocycles. The van der Waals surface area contributed by atoms with E-state index in [2.05, 4.69) is 39.2 Å². The van der Waals surface area contributed by atoms with Gasteiger partial charge in [-0.3, -0.25) is 0 Å². The molecule has 0 spiro atoms. The molecule has 3 rings (SSSR count). The van der Waals surface area contributed by atoms with Crippen molar-refractivity contribution in [3.63, 3.8) is 0 Å². The minimum Gasteiger partial charge on any atom is -0.450 e. The number of ether oxygens (including phenoxy) is 1. The third kappa shape index (κ3) is 4.41. The fourth-order valence-corrected chi connectivity index (χ4v) is 2.93. The first-order valence-electron chi connectivity index (χ1n) is 8.95. The average molecular weight is 355 g/mol. The smallest absolute Gasteiger partial charge is 0.409 e. The highest BCUT2D eigenvalue weighted by atomic mass is 16.6. The number of carbonyl (C=O) groups excluding carboxylic acids is 1. The summed E-state index contributed by atoms with van der Waals surface area (Å²) in [6.45, 7) is 7.73. The fraction of sp³-hybridized carbons (Fsp3) is 0.421. The zero-order valence-corrected chi connectivity index (χ0v) is 15.3. The molecule has 2 heterocycles. The first-order chi connectivity index (χ1) is 12.7. The Morgan fingerprint density at radius 1 is 1.19 bits per heavy atom. The van der Waals surface area contributed by atoms with E-state index >= 15 is 0 Å². The molecule has 7 heteroatoms. The van der Waals surface area contributed by atoms with Crippen molar-refractivity contribution in [2.75, 3.05) is 43.0 Å². The first-order valence-corrected chi connectivity index (χ1v) is 8.95. The van der Waals surface area contributed by atoms with Gasteiger partial charge in [0.25, 0.3) is 0 Å². The van der Waals surface area contributed by atoms with Gasteiger partial charge in [-0.1, -0.05) is 24.3 Å². The molecule has 1 fully saturated rings. The maximum absolute atomic E-state index is 11.8. The molecule has 0 radical (unpaired) electrons. The van der Waals surface area contributed by atoms with Gasteiger partial charge >= 0.3 is 6.09 Å². The summed E-state index contributed by atoms with van der Waals surface area (Å²) in [6, 6.07) is 10.2. The van der Waals surface area contributed by atoms with Crippen molar-refractivity contribution in [2.45, 2.75) is 20.4 Å². The van der Waals surface area contributed by atoms with Crippen LogP contribution >= 0.6 is 0 Å². The van der Waals surface area contributed by atoms with Crippen LogP contribution in [0.3, 0.4) is 0 Å². The second kappa shape index (κ2) is 8.51. The van der Waals surface area contributed by atoms with E-state index in [1.807, 2.05) is 25.1 Å². The predicted octanol–water partition coefficient (Wildman–Crippen LogP) is 2.68. The molecule has 1 amide bonds. The van der Waals surface area contributed by atoms with Gasteiger partial charge in [-0.15, -0.1) is 0 Å². The van der Waals surface area contributed by atoms with Gasteiger partial charge in [-0.05, 0) is 31.0 Å². The molecule has 7 nitrogen and oxygen atoms in total. The summed E-state index contributed by atoms with van der Waals surface area (Å²) >= 11 is 0. The first kappa shape index (κ1) is 18.0. The average Bonchev–Trinajstić information content (AvgIpc) is 2.68. The van der Waals surface area contributed by atoms with Crippen LogP contribution in [0.1, 0.15) is 18.1 Å². The van der Waals surface area contributed by atoms with Crippen LogP contribution in [0.15, 0.2) is 36.5 Å². The van der Waals surface area contributed by atoms with Crippen molar-refractivity contribution in [2.24, 2.45) is 0 Å². The maximum atomic E-state index is 11.8. The quantitative estimate of drug-likeness (QED) is 0.889. The van der Waals surface area contributed by atoms with Crippen LogP contribution in [0.5, 0.6) is 0 Å². The summed E-state index contributed by atoms with van der Waals surface area (Å²) in [5, 5.41) is 3.29. The Balaban J connectivity index is 1.58. The molecule has 1 N–H and O–H groups in total. The minimum absolute atomic E-state index is 0.240. The molecule has 0 saturated carbocycles. The summed E-state index contributed by atoms with van der Waals surface area (Å²) in [6.07, 6.45) is 1.52. The Labute approximate surface area is 154 Å². The van der Waals surface area contributed by atoms with Crippen LogP contribution in [-0.4, -0.2) is 53.7 Å². The van der Waals surface area contributed by atoms with Crippen LogP contribution in [0.4, 0.5) is 16.6 Å². The second-order valence-corrected chi connectivity index (χ2v) is 6.19. The Morgan fingerprint density at radius 3 is 2.69 bits per heavy atom. The highest BCUT2D eigenvalue weighted by Gasteiger charge is 2.22. The third-order valence-electron chi connectivity index (χ3n) is 4.47. The van der Waals surface area contributed by atoms with E-state index in [1.165, 1.54) is 11.1 Å². The number of piperazine rings is 1. The van der Waals surface area contributed by atoms with Gasteiger partial charge in [-0.25, -0.2) is 9.78 Å². The number of nitrogens with zero attached hydrogens (tertiary/aromatic N) is 4. The topological polar surface area (TPSA) is 70.6 Å². The third-order valence-corrected chi connectivity index (χ3v) is 4.47. The van der Waals surface area contributed by atoms with Crippen LogP contribution in [0.2, 0.25) is 0 Å². The van der Waals surface area contributed by atoms with Gasteiger partial charge < -0.3 is 19.9 Å². The second-order valence-electron chi connectivity index (χ2n) is 6.19. The summed E-state index contributed by atoms with van der Waals surface area (Å²) in [5.74, 6) is 1.48. The maximum Gasteiger partial charge on any atom is 0.409 e. The molecule has 1 aromatic carbocycles. The SMILES string of the molecule is CCOC(=O)N1CCN(c2ccnc(NCc3ccccc3C)n2)CC1. The van der Waals surface area contributed by atoms with Crippen molar-refractivity contribution in [1.82, 2.24) is 14.9 Å².